The second-order valence-electron chi connectivity index (χ2n) is 7.71. The third-order valence-electron chi connectivity index (χ3n) is 5.03. The number of allylic oxidation sites excluding steroid dienone is 2. The minimum absolute atomic E-state index is 0.155. The molecule has 0 spiro atoms. The average molecular weight is 449 g/mol. The molecule has 0 bridgehead atoms. The second-order valence-corrected chi connectivity index (χ2v) is 7.71. The van der Waals surface area contributed by atoms with Crippen molar-refractivity contribution in [2.45, 2.75) is 96.8 Å². The monoisotopic (exact) mass is 448 g/mol. The molecule has 0 saturated carbocycles. The zero-order chi connectivity index (χ0) is 23.1. The summed E-state index contributed by atoms with van der Waals surface area (Å²) in [6, 6.07) is 0. The average Bonchev–Trinajstić information content (AvgIpc) is 2.76. The number of carbonyl (C=O) groups is 1. The largest absolute Gasteiger partial charge is 0.420 e. The van der Waals surface area contributed by atoms with Gasteiger partial charge in [-0.25, -0.2) is 13.2 Å². The van der Waals surface area contributed by atoms with Crippen molar-refractivity contribution >= 4 is 5.97 Å². The van der Waals surface area contributed by atoms with Crippen molar-refractivity contribution in [3.05, 3.63) is 41.2 Å². The van der Waals surface area contributed by atoms with Crippen LogP contribution >= 0.6 is 0 Å². The molecule has 0 amide bonds. The van der Waals surface area contributed by atoms with E-state index in [0.29, 0.717) is 12.8 Å². The number of halogens is 5. The van der Waals surface area contributed by atoms with Crippen LogP contribution < -0.4 is 4.74 Å². The lowest BCUT2D eigenvalue weighted by Crippen LogP contribution is -2.13. The molecule has 0 atom stereocenters. The number of rotatable bonds is 16. The third kappa shape index (κ3) is 10.3. The molecular weight excluding hydrogens is 415 g/mol. The molecular formula is C24H33F5O2. The molecule has 2 nitrogen and oxygen atoms in total. The molecule has 0 radical (unpaired) electrons. The lowest BCUT2D eigenvalue weighted by atomic mass is 10.1. The Morgan fingerprint density at radius 1 is 0.645 bits per heavy atom. The van der Waals surface area contributed by atoms with E-state index in [1.54, 1.807) is 0 Å². The van der Waals surface area contributed by atoms with E-state index >= 15 is 0 Å². The molecule has 7 heteroatoms. The van der Waals surface area contributed by atoms with Crippen LogP contribution in [0.5, 0.6) is 5.75 Å². The standard InChI is InChI=1S/C24H33F5O2/c1-2-3-4-5-6-7-8-9-10-11-12-13-14-15-16-17-18(30)31-24-22(28)20(26)19(25)21(27)23(24)29/h9-10H,2-8,11-17H2,1H3/b10-9-. The van der Waals surface area contributed by atoms with Crippen LogP contribution in [-0.4, -0.2) is 5.97 Å². The van der Waals surface area contributed by atoms with E-state index in [1.807, 2.05) is 0 Å². The summed E-state index contributed by atoms with van der Waals surface area (Å²) in [5.74, 6) is -13.4. The number of hydrogen-bond acceptors (Lipinski definition) is 2. The Balaban J connectivity index is 2.10. The highest BCUT2D eigenvalue weighted by Crippen LogP contribution is 2.29. The van der Waals surface area contributed by atoms with E-state index in [-0.39, 0.29) is 6.42 Å². The third-order valence-corrected chi connectivity index (χ3v) is 5.03. The van der Waals surface area contributed by atoms with E-state index < -0.39 is 40.8 Å². The fourth-order valence-corrected chi connectivity index (χ4v) is 3.18. The van der Waals surface area contributed by atoms with Gasteiger partial charge in [-0.05, 0) is 32.1 Å². The van der Waals surface area contributed by atoms with E-state index in [9.17, 15) is 26.7 Å². The minimum atomic E-state index is -2.29. The van der Waals surface area contributed by atoms with Crippen LogP contribution in [0.4, 0.5) is 22.0 Å². The van der Waals surface area contributed by atoms with Gasteiger partial charge in [-0.2, -0.15) is 8.78 Å². The smallest absolute Gasteiger partial charge is 0.311 e. The summed E-state index contributed by atoms with van der Waals surface area (Å²) in [5.41, 5.74) is 0. The molecule has 0 N–H and O–H groups in total. The molecule has 0 fully saturated rings. The Bertz CT molecular complexity index is 675. The van der Waals surface area contributed by atoms with Crippen LogP contribution in [0.2, 0.25) is 0 Å². The maximum Gasteiger partial charge on any atom is 0.311 e. The Hall–Kier alpha value is -1.92. The zero-order valence-corrected chi connectivity index (χ0v) is 18.3. The molecule has 0 aliphatic rings. The lowest BCUT2D eigenvalue weighted by Gasteiger charge is -2.08. The Morgan fingerprint density at radius 3 is 1.58 bits per heavy atom. The van der Waals surface area contributed by atoms with E-state index in [2.05, 4.69) is 23.8 Å². The van der Waals surface area contributed by atoms with Crippen molar-refractivity contribution in [3.63, 3.8) is 0 Å². The van der Waals surface area contributed by atoms with Gasteiger partial charge < -0.3 is 4.74 Å². The van der Waals surface area contributed by atoms with Gasteiger partial charge in [-0.1, -0.05) is 70.4 Å². The van der Waals surface area contributed by atoms with Crippen molar-refractivity contribution in [3.8, 4) is 5.75 Å². The van der Waals surface area contributed by atoms with E-state index in [0.717, 1.165) is 32.1 Å². The molecule has 0 saturated heterocycles. The number of ether oxygens (including phenoxy) is 1. The maximum atomic E-state index is 13.5. The highest BCUT2D eigenvalue weighted by molar-refractivity contribution is 5.72. The SMILES string of the molecule is CCCCCCCC/C=C\CCCCCCCC(=O)Oc1c(F)c(F)c(F)c(F)c1F. The van der Waals surface area contributed by atoms with Crippen molar-refractivity contribution in [1.82, 2.24) is 0 Å². The van der Waals surface area contributed by atoms with Gasteiger partial charge in [0, 0.05) is 6.42 Å². The Morgan fingerprint density at radius 2 is 1.06 bits per heavy atom. The molecule has 0 aliphatic carbocycles. The lowest BCUT2D eigenvalue weighted by molar-refractivity contribution is -0.135. The summed E-state index contributed by atoms with van der Waals surface area (Å²) >= 11 is 0. The number of benzene rings is 1. The highest BCUT2D eigenvalue weighted by Gasteiger charge is 2.28. The van der Waals surface area contributed by atoms with Gasteiger partial charge >= 0.3 is 5.97 Å². The van der Waals surface area contributed by atoms with Crippen molar-refractivity contribution < 1.29 is 31.5 Å². The second kappa shape index (κ2) is 15.8. The molecule has 0 heterocycles. The van der Waals surface area contributed by atoms with Crippen molar-refractivity contribution in [2.24, 2.45) is 0 Å². The molecule has 176 valence electrons. The van der Waals surface area contributed by atoms with Crippen molar-refractivity contribution in [2.75, 3.05) is 0 Å². The molecule has 0 unspecified atom stereocenters. The predicted octanol–water partition coefficient (Wildman–Crippen LogP) is 8.33. The van der Waals surface area contributed by atoms with Crippen LogP contribution in [-0.2, 0) is 4.79 Å². The quantitative estimate of drug-likeness (QED) is 0.0483. The van der Waals surface area contributed by atoms with Gasteiger partial charge in [-0.3, -0.25) is 4.79 Å². The normalized spacial score (nSPS) is 11.4. The fraction of sp³-hybridized carbons (Fsp3) is 0.625. The van der Waals surface area contributed by atoms with Crippen LogP contribution in [0.1, 0.15) is 96.8 Å². The van der Waals surface area contributed by atoms with Gasteiger partial charge in [0.1, 0.15) is 0 Å². The minimum Gasteiger partial charge on any atom is -0.420 e. The first-order valence-electron chi connectivity index (χ1n) is 11.3. The summed E-state index contributed by atoms with van der Waals surface area (Å²) in [6.07, 6.45) is 18.2. The van der Waals surface area contributed by atoms with Gasteiger partial charge in [-0.15, -0.1) is 0 Å². The summed E-state index contributed by atoms with van der Waals surface area (Å²) in [5, 5.41) is 0. The molecule has 0 aliphatic heterocycles. The van der Waals surface area contributed by atoms with Crippen LogP contribution in [0.25, 0.3) is 0 Å². The van der Waals surface area contributed by atoms with E-state index in [1.165, 1.54) is 38.5 Å². The van der Waals surface area contributed by atoms with Gasteiger partial charge in [0.2, 0.25) is 34.8 Å². The van der Waals surface area contributed by atoms with Gasteiger partial charge in [0.05, 0.1) is 0 Å². The predicted molar refractivity (Wildman–Crippen MR) is 111 cm³/mol. The number of carbonyl (C=O) groups excluding carboxylic acids is 1. The number of hydrogen-bond donors (Lipinski definition) is 0. The van der Waals surface area contributed by atoms with Crippen LogP contribution in [0, 0.1) is 29.1 Å². The zero-order valence-electron chi connectivity index (χ0n) is 18.3. The first-order valence-corrected chi connectivity index (χ1v) is 11.3. The number of esters is 1. The summed E-state index contributed by atoms with van der Waals surface area (Å²) < 4.78 is 70.5. The Kier molecular flexibility index (Phi) is 13.8. The molecule has 0 aromatic heterocycles. The highest BCUT2D eigenvalue weighted by atomic mass is 19.2. The first-order chi connectivity index (χ1) is 14.9. The molecule has 1 aromatic rings. The maximum absolute atomic E-state index is 13.5. The molecule has 1 aromatic carbocycles. The van der Waals surface area contributed by atoms with Crippen LogP contribution in [0.3, 0.4) is 0 Å². The van der Waals surface area contributed by atoms with Crippen LogP contribution in [0.15, 0.2) is 12.2 Å². The summed E-state index contributed by atoms with van der Waals surface area (Å²) in [6.45, 7) is 2.21. The topological polar surface area (TPSA) is 26.3 Å². The van der Waals surface area contributed by atoms with Crippen molar-refractivity contribution in [1.29, 1.82) is 0 Å². The molecule has 31 heavy (non-hydrogen) atoms. The Labute approximate surface area is 181 Å². The van der Waals surface area contributed by atoms with E-state index in [4.69, 9.17) is 0 Å². The van der Waals surface area contributed by atoms with Gasteiger partial charge in [0.25, 0.3) is 0 Å². The summed E-state index contributed by atoms with van der Waals surface area (Å²) in [7, 11) is 0. The first kappa shape index (κ1) is 27.1. The number of unbranched alkanes of at least 4 members (excludes halogenated alkanes) is 11. The summed E-state index contributed by atoms with van der Waals surface area (Å²) in [4.78, 5) is 11.7. The molecule has 1 rings (SSSR count). The van der Waals surface area contributed by atoms with Gasteiger partial charge in [0.15, 0.2) is 0 Å². The fourth-order valence-electron chi connectivity index (χ4n) is 3.18.